The maximum Gasteiger partial charge on any atom is 0.326 e. The van der Waals surface area contributed by atoms with Gasteiger partial charge in [0, 0.05) is 30.8 Å². The first-order valence-electron chi connectivity index (χ1n) is 7.31. The average molecular weight is 323 g/mol. The highest BCUT2D eigenvalue weighted by molar-refractivity contribution is 5.83. The second-order valence-corrected chi connectivity index (χ2v) is 5.46. The normalized spacial score (nSPS) is 11.8. The van der Waals surface area contributed by atoms with E-state index in [0.717, 1.165) is 5.69 Å². The van der Waals surface area contributed by atoms with Crippen molar-refractivity contribution in [2.45, 2.75) is 32.7 Å². The highest BCUT2D eigenvalue weighted by atomic mass is 16.6. The Morgan fingerprint density at radius 3 is 2.35 bits per heavy atom. The van der Waals surface area contributed by atoms with Gasteiger partial charge in [-0.1, -0.05) is 13.8 Å². The number of nitro benzene ring substituents is 1. The molecule has 0 saturated carbocycles. The minimum Gasteiger partial charge on any atom is -0.480 e. The zero-order chi connectivity index (χ0) is 17.4. The summed E-state index contributed by atoms with van der Waals surface area (Å²) >= 11 is 0. The molecule has 0 aliphatic rings. The highest BCUT2D eigenvalue weighted by Crippen LogP contribution is 2.15. The van der Waals surface area contributed by atoms with E-state index in [1.165, 1.54) is 12.1 Å². The van der Waals surface area contributed by atoms with Gasteiger partial charge in [0.2, 0.25) is 5.91 Å². The zero-order valence-corrected chi connectivity index (χ0v) is 13.1. The number of hydrogen-bond donors (Lipinski definition) is 3. The first kappa shape index (κ1) is 18.4. The van der Waals surface area contributed by atoms with Crippen molar-refractivity contribution in [3.8, 4) is 0 Å². The average Bonchev–Trinajstić information content (AvgIpc) is 2.49. The number of nitrogens with zero attached hydrogens (tertiary/aromatic N) is 1. The number of benzene rings is 1. The lowest BCUT2D eigenvalue weighted by Gasteiger charge is -2.17. The van der Waals surface area contributed by atoms with Gasteiger partial charge in [0.1, 0.15) is 6.04 Å². The van der Waals surface area contributed by atoms with Crippen LogP contribution in [0.15, 0.2) is 24.3 Å². The summed E-state index contributed by atoms with van der Waals surface area (Å²) < 4.78 is 0. The molecule has 1 aromatic rings. The summed E-state index contributed by atoms with van der Waals surface area (Å²) in [5.74, 6) is -1.54. The van der Waals surface area contributed by atoms with Crippen LogP contribution in [0.25, 0.3) is 0 Å². The SMILES string of the molecule is CC(C)[C@@H](NC(=O)CCCNc1ccc([N+](=O)[O-])cc1)C(=O)O. The third-order valence-electron chi connectivity index (χ3n) is 3.24. The first-order valence-corrected chi connectivity index (χ1v) is 7.31. The molecule has 8 heteroatoms. The van der Waals surface area contributed by atoms with E-state index in [1.54, 1.807) is 26.0 Å². The number of nitrogens with one attached hydrogen (secondary N) is 2. The number of nitro groups is 1. The van der Waals surface area contributed by atoms with Crippen molar-refractivity contribution < 1.29 is 19.6 Å². The predicted octanol–water partition coefficient (Wildman–Crippen LogP) is 2.01. The number of amides is 1. The molecule has 126 valence electrons. The Morgan fingerprint density at radius 2 is 1.87 bits per heavy atom. The topological polar surface area (TPSA) is 122 Å². The van der Waals surface area contributed by atoms with Crippen molar-refractivity contribution in [3.05, 3.63) is 34.4 Å². The second-order valence-electron chi connectivity index (χ2n) is 5.46. The van der Waals surface area contributed by atoms with Crippen molar-refractivity contribution >= 4 is 23.3 Å². The number of aliphatic carboxylic acids is 1. The number of carboxylic acids is 1. The molecule has 0 spiro atoms. The summed E-state index contributed by atoms with van der Waals surface area (Å²) in [5.41, 5.74) is 0.741. The van der Waals surface area contributed by atoms with Crippen molar-refractivity contribution in [1.29, 1.82) is 0 Å². The minimum absolute atomic E-state index is 0.0170. The molecule has 3 N–H and O–H groups in total. The molecule has 0 radical (unpaired) electrons. The molecular weight excluding hydrogens is 302 g/mol. The van der Waals surface area contributed by atoms with E-state index in [9.17, 15) is 19.7 Å². The van der Waals surface area contributed by atoms with Crippen LogP contribution in [0, 0.1) is 16.0 Å². The van der Waals surface area contributed by atoms with Crippen molar-refractivity contribution in [2.24, 2.45) is 5.92 Å². The van der Waals surface area contributed by atoms with Crippen molar-refractivity contribution in [1.82, 2.24) is 5.32 Å². The Hall–Kier alpha value is -2.64. The number of carboxylic acid groups (broad SMARTS) is 1. The Labute approximate surface area is 134 Å². The van der Waals surface area contributed by atoms with Gasteiger partial charge in [-0.25, -0.2) is 4.79 Å². The molecular formula is C15H21N3O5. The molecule has 0 aliphatic heterocycles. The summed E-state index contributed by atoms with van der Waals surface area (Å²) in [4.78, 5) is 32.8. The molecule has 0 aromatic heterocycles. The smallest absolute Gasteiger partial charge is 0.326 e. The quantitative estimate of drug-likeness (QED) is 0.363. The van der Waals surface area contributed by atoms with Crippen LogP contribution in [-0.4, -0.2) is 34.5 Å². The number of carbonyl (C=O) groups excluding carboxylic acids is 1. The molecule has 1 amide bonds. The predicted molar refractivity (Wildman–Crippen MR) is 85.2 cm³/mol. The fourth-order valence-electron chi connectivity index (χ4n) is 1.94. The van der Waals surface area contributed by atoms with Crippen LogP contribution in [-0.2, 0) is 9.59 Å². The van der Waals surface area contributed by atoms with Crippen LogP contribution in [0.1, 0.15) is 26.7 Å². The Balaban J connectivity index is 2.32. The summed E-state index contributed by atoms with van der Waals surface area (Å²) in [6, 6.07) is 5.10. The number of non-ortho nitro benzene ring substituents is 1. The van der Waals surface area contributed by atoms with Gasteiger partial charge in [-0.05, 0) is 24.5 Å². The van der Waals surface area contributed by atoms with Gasteiger partial charge in [0.25, 0.3) is 5.69 Å². The van der Waals surface area contributed by atoms with Crippen LogP contribution in [0.3, 0.4) is 0 Å². The van der Waals surface area contributed by atoms with Crippen molar-refractivity contribution in [2.75, 3.05) is 11.9 Å². The number of rotatable bonds is 9. The van der Waals surface area contributed by atoms with Crippen LogP contribution >= 0.6 is 0 Å². The fraction of sp³-hybridized carbons (Fsp3) is 0.467. The summed E-state index contributed by atoms with van der Waals surface area (Å²) in [6.45, 7) is 3.97. The molecule has 0 unspecified atom stereocenters. The molecule has 1 aromatic carbocycles. The molecule has 0 saturated heterocycles. The van der Waals surface area contributed by atoms with E-state index in [2.05, 4.69) is 10.6 Å². The van der Waals surface area contributed by atoms with E-state index in [-0.39, 0.29) is 23.9 Å². The molecule has 1 rings (SSSR count). The van der Waals surface area contributed by atoms with Crippen LogP contribution < -0.4 is 10.6 Å². The van der Waals surface area contributed by atoms with E-state index >= 15 is 0 Å². The highest BCUT2D eigenvalue weighted by Gasteiger charge is 2.22. The largest absolute Gasteiger partial charge is 0.480 e. The van der Waals surface area contributed by atoms with Crippen LogP contribution in [0.2, 0.25) is 0 Å². The summed E-state index contributed by atoms with van der Waals surface area (Å²) in [5, 5.41) is 25.1. The van der Waals surface area contributed by atoms with E-state index in [0.29, 0.717) is 13.0 Å². The van der Waals surface area contributed by atoms with Gasteiger partial charge < -0.3 is 15.7 Å². The molecule has 8 nitrogen and oxygen atoms in total. The van der Waals surface area contributed by atoms with E-state index in [1.807, 2.05) is 0 Å². The minimum atomic E-state index is -1.04. The van der Waals surface area contributed by atoms with Gasteiger partial charge in [0.15, 0.2) is 0 Å². The third kappa shape index (κ3) is 6.33. The Bertz CT molecular complexity index is 557. The fourth-order valence-corrected chi connectivity index (χ4v) is 1.94. The number of carbonyl (C=O) groups is 2. The van der Waals surface area contributed by atoms with Gasteiger partial charge in [0.05, 0.1) is 4.92 Å². The lowest BCUT2D eigenvalue weighted by atomic mass is 10.0. The van der Waals surface area contributed by atoms with E-state index in [4.69, 9.17) is 5.11 Å². The molecule has 23 heavy (non-hydrogen) atoms. The number of anilines is 1. The molecule has 0 fully saturated rings. The standard InChI is InChI=1S/C15H21N3O5/c1-10(2)14(15(20)21)17-13(19)4-3-9-16-11-5-7-12(8-6-11)18(22)23/h5-8,10,14,16H,3-4,9H2,1-2H3,(H,17,19)(H,20,21)/t14-/m1/s1. The lowest BCUT2D eigenvalue weighted by molar-refractivity contribution is -0.384. The molecule has 0 heterocycles. The van der Waals surface area contributed by atoms with Crippen LogP contribution in [0.4, 0.5) is 11.4 Å². The third-order valence-corrected chi connectivity index (χ3v) is 3.24. The molecule has 0 bridgehead atoms. The summed E-state index contributed by atoms with van der Waals surface area (Å²) in [7, 11) is 0. The first-order chi connectivity index (χ1) is 10.8. The Morgan fingerprint density at radius 1 is 1.26 bits per heavy atom. The monoisotopic (exact) mass is 323 g/mol. The van der Waals surface area contributed by atoms with Gasteiger partial charge in [-0.15, -0.1) is 0 Å². The van der Waals surface area contributed by atoms with Crippen molar-refractivity contribution in [3.63, 3.8) is 0 Å². The lowest BCUT2D eigenvalue weighted by Crippen LogP contribution is -2.44. The van der Waals surface area contributed by atoms with E-state index < -0.39 is 16.9 Å². The van der Waals surface area contributed by atoms with Gasteiger partial charge in [-0.3, -0.25) is 14.9 Å². The zero-order valence-electron chi connectivity index (χ0n) is 13.1. The second kappa shape index (κ2) is 8.72. The number of hydrogen-bond acceptors (Lipinski definition) is 5. The maximum atomic E-state index is 11.7. The van der Waals surface area contributed by atoms with Gasteiger partial charge in [-0.2, -0.15) is 0 Å². The molecule has 0 aliphatic carbocycles. The summed E-state index contributed by atoms with van der Waals surface area (Å²) in [6.07, 6.45) is 0.726. The molecule has 1 atom stereocenters. The van der Waals surface area contributed by atoms with Crippen LogP contribution in [0.5, 0.6) is 0 Å². The van der Waals surface area contributed by atoms with Gasteiger partial charge >= 0.3 is 5.97 Å². The maximum absolute atomic E-state index is 11.7. The Kier molecular flexibility index (Phi) is 6.98.